The van der Waals surface area contributed by atoms with Gasteiger partial charge in [0, 0.05) is 24.8 Å². The van der Waals surface area contributed by atoms with E-state index in [1.807, 2.05) is 31.2 Å². The first-order valence-corrected chi connectivity index (χ1v) is 10.1. The molecule has 3 rings (SSSR count). The van der Waals surface area contributed by atoms with Crippen molar-refractivity contribution in [1.82, 2.24) is 9.88 Å². The van der Waals surface area contributed by atoms with Gasteiger partial charge in [0.25, 0.3) is 11.5 Å². The number of aryl methyl sites for hydroxylation is 1. The van der Waals surface area contributed by atoms with Gasteiger partial charge in [0.2, 0.25) is 5.75 Å². The molecule has 0 fully saturated rings. The second kappa shape index (κ2) is 10.2. The zero-order chi connectivity index (χ0) is 23.3. The highest BCUT2D eigenvalue weighted by Gasteiger charge is 2.22. The van der Waals surface area contributed by atoms with E-state index in [0.29, 0.717) is 41.5 Å². The van der Waals surface area contributed by atoms with Crippen LogP contribution < -0.4 is 19.8 Å². The summed E-state index contributed by atoms with van der Waals surface area (Å²) in [7, 11) is 6.05. The number of carbonyl (C=O) groups is 1. The molecule has 0 unspecified atom stereocenters. The molecule has 0 atom stereocenters. The number of H-pyrrole nitrogens is 1. The highest BCUT2D eigenvalue weighted by Crippen LogP contribution is 2.38. The van der Waals surface area contributed by atoms with Crippen molar-refractivity contribution in [3.05, 3.63) is 63.4 Å². The number of hydrogen-bond donors (Lipinski definition) is 1. The molecule has 0 aliphatic heterocycles. The number of fused-ring (bicyclic) bond motifs is 1. The molecule has 32 heavy (non-hydrogen) atoms. The number of ether oxygens (including phenoxy) is 4. The number of amides is 1. The number of methoxy groups -OCH3 is 4. The van der Waals surface area contributed by atoms with Crippen LogP contribution >= 0.6 is 0 Å². The fourth-order valence-corrected chi connectivity index (χ4v) is 3.59. The van der Waals surface area contributed by atoms with Crippen LogP contribution in [0.3, 0.4) is 0 Å². The minimum Gasteiger partial charge on any atom is -0.493 e. The molecular weight excluding hydrogens is 412 g/mol. The highest BCUT2D eigenvalue weighted by molar-refractivity contribution is 5.95. The van der Waals surface area contributed by atoms with E-state index in [2.05, 4.69) is 4.98 Å². The molecule has 8 heteroatoms. The van der Waals surface area contributed by atoms with E-state index < -0.39 is 0 Å². The fourth-order valence-electron chi connectivity index (χ4n) is 3.59. The SMILES string of the molecule is COCCN(Cc1cc2cccc(C)c2[nH]c1=O)C(=O)c1cc(OC)c(OC)c(OC)c1. The van der Waals surface area contributed by atoms with Gasteiger partial charge in [-0.15, -0.1) is 0 Å². The molecule has 1 amide bonds. The maximum Gasteiger partial charge on any atom is 0.254 e. The third-order valence-electron chi connectivity index (χ3n) is 5.29. The maximum atomic E-state index is 13.4. The minimum atomic E-state index is -0.287. The summed E-state index contributed by atoms with van der Waals surface area (Å²) in [6.45, 7) is 2.69. The van der Waals surface area contributed by atoms with Crippen LogP contribution in [-0.4, -0.2) is 57.4 Å². The van der Waals surface area contributed by atoms with Gasteiger partial charge in [-0.3, -0.25) is 9.59 Å². The molecule has 8 nitrogen and oxygen atoms in total. The lowest BCUT2D eigenvalue weighted by Gasteiger charge is -2.23. The van der Waals surface area contributed by atoms with Crippen LogP contribution in [0.4, 0.5) is 0 Å². The first kappa shape index (κ1) is 23.1. The van der Waals surface area contributed by atoms with Crippen LogP contribution in [0.2, 0.25) is 0 Å². The third kappa shape index (κ3) is 4.70. The smallest absolute Gasteiger partial charge is 0.254 e. The van der Waals surface area contributed by atoms with Gasteiger partial charge in [-0.25, -0.2) is 0 Å². The Labute approximate surface area is 186 Å². The van der Waals surface area contributed by atoms with E-state index in [-0.39, 0.29) is 18.0 Å². The summed E-state index contributed by atoms with van der Waals surface area (Å²) in [6, 6.07) is 10.8. The lowest BCUT2D eigenvalue weighted by molar-refractivity contribution is 0.0679. The Morgan fingerprint density at radius 3 is 2.28 bits per heavy atom. The van der Waals surface area contributed by atoms with Crippen molar-refractivity contribution >= 4 is 16.8 Å². The molecule has 2 aromatic carbocycles. The number of para-hydroxylation sites is 1. The first-order chi connectivity index (χ1) is 15.4. The quantitative estimate of drug-likeness (QED) is 0.550. The molecule has 0 radical (unpaired) electrons. The summed E-state index contributed by atoms with van der Waals surface area (Å²) in [4.78, 5) is 30.7. The summed E-state index contributed by atoms with van der Waals surface area (Å²) in [5.41, 5.74) is 2.38. The van der Waals surface area contributed by atoms with E-state index >= 15 is 0 Å². The van der Waals surface area contributed by atoms with Gasteiger partial charge < -0.3 is 28.8 Å². The molecular formula is C24H28N2O6. The van der Waals surface area contributed by atoms with Crippen LogP contribution in [0.1, 0.15) is 21.5 Å². The predicted octanol–water partition coefficient (Wildman–Crippen LogP) is 3.15. The zero-order valence-electron chi connectivity index (χ0n) is 19.0. The average molecular weight is 440 g/mol. The van der Waals surface area contributed by atoms with Crippen molar-refractivity contribution < 1.29 is 23.7 Å². The average Bonchev–Trinajstić information content (AvgIpc) is 2.81. The number of pyridine rings is 1. The van der Waals surface area contributed by atoms with E-state index in [1.165, 1.54) is 21.3 Å². The molecule has 3 aromatic rings. The lowest BCUT2D eigenvalue weighted by Crippen LogP contribution is -2.35. The number of hydrogen-bond acceptors (Lipinski definition) is 6. The Bertz CT molecular complexity index is 1150. The van der Waals surface area contributed by atoms with Crippen LogP contribution in [-0.2, 0) is 11.3 Å². The van der Waals surface area contributed by atoms with Crippen LogP contribution in [0.5, 0.6) is 17.2 Å². The Balaban J connectivity index is 2.00. The van der Waals surface area contributed by atoms with Crippen LogP contribution in [0.25, 0.3) is 10.9 Å². The number of aromatic amines is 1. The Kier molecular flexibility index (Phi) is 7.37. The second-order valence-corrected chi connectivity index (χ2v) is 7.30. The van der Waals surface area contributed by atoms with Crippen molar-refractivity contribution in [2.45, 2.75) is 13.5 Å². The monoisotopic (exact) mass is 440 g/mol. The topological polar surface area (TPSA) is 90.1 Å². The lowest BCUT2D eigenvalue weighted by atomic mass is 10.1. The largest absolute Gasteiger partial charge is 0.493 e. The van der Waals surface area contributed by atoms with Crippen molar-refractivity contribution in [2.75, 3.05) is 41.6 Å². The fraction of sp³-hybridized carbons (Fsp3) is 0.333. The highest BCUT2D eigenvalue weighted by atomic mass is 16.5. The molecule has 170 valence electrons. The standard InChI is InChI=1S/C24H28N2O6/c1-15-7-6-8-16-11-18(23(27)25-21(15)16)14-26(9-10-29-2)24(28)17-12-19(30-3)22(32-5)20(13-17)31-4/h6-8,11-13H,9-10,14H2,1-5H3,(H,25,27). The van der Waals surface area contributed by atoms with E-state index in [0.717, 1.165) is 16.5 Å². The number of carbonyl (C=O) groups excluding carboxylic acids is 1. The van der Waals surface area contributed by atoms with Crippen LogP contribution in [0, 0.1) is 6.92 Å². The maximum absolute atomic E-state index is 13.4. The van der Waals surface area contributed by atoms with Gasteiger partial charge in [-0.1, -0.05) is 18.2 Å². The first-order valence-electron chi connectivity index (χ1n) is 10.1. The molecule has 1 heterocycles. The zero-order valence-corrected chi connectivity index (χ0v) is 19.0. The van der Waals surface area contributed by atoms with E-state index in [4.69, 9.17) is 18.9 Å². The van der Waals surface area contributed by atoms with Gasteiger partial charge >= 0.3 is 0 Å². The second-order valence-electron chi connectivity index (χ2n) is 7.30. The Morgan fingerprint density at radius 1 is 1.00 bits per heavy atom. The third-order valence-corrected chi connectivity index (χ3v) is 5.29. The van der Waals surface area contributed by atoms with Gasteiger partial charge in [-0.2, -0.15) is 0 Å². The van der Waals surface area contributed by atoms with Gasteiger partial charge in [0.1, 0.15) is 0 Å². The van der Waals surface area contributed by atoms with Crippen molar-refractivity contribution in [3.8, 4) is 17.2 Å². The molecule has 0 saturated heterocycles. The van der Waals surface area contributed by atoms with Crippen molar-refractivity contribution in [2.24, 2.45) is 0 Å². The predicted molar refractivity (Wildman–Crippen MR) is 122 cm³/mol. The Hall–Kier alpha value is -3.52. The minimum absolute atomic E-state index is 0.123. The summed E-state index contributed by atoms with van der Waals surface area (Å²) in [6.07, 6.45) is 0. The molecule has 0 spiro atoms. The van der Waals surface area contributed by atoms with Gasteiger partial charge in [0.05, 0.1) is 40.0 Å². The summed E-state index contributed by atoms with van der Waals surface area (Å²) in [5.74, 6) is 0.864. The normalized spacial score (nSPS) is 10.8. The number of nitrogens with one attached hydrogen (secondary N) is 1. The number of benzene rings is 2. The van der Waals surface area contributed by atoms with Crippen LogP contribution in [0.15, 0.2) is 41.2 Å². The summed E-state index contributed by atoms with van der Waals surface area (Å²) >= 11 is 0. The molecule has 0 aliphatic rings. The number of aromatic nitrogens is 1. The summed E-state index contributed by atoms with van der Waals surface area (Å²) in [5, 5.41) is 0.909. The summed E-state index contributed by atoms with van der Waals surface area (Å²) < 4.78 is 21.3. The molecule has 1 N–H and O–H groups in total. The van der Waals surface area contributed by atoms with E-state index in [1.54, 1.807) is 24.1 Å². The molecule has 1 aromatic heterocycles. The van der Waals surface area contributed by atoms with Gasteiger partial charge in [0.15, 0.2) is 11.5 Å². The molecule has 0 saturated carbocycles. The van der Waals surface area contributed by atoms with E-state index in [9.17, 15) is 9.59 Å². The number of rotatable bonds is 9. The molecule has 0 aliphatic carbocycles. The van der Waals surface area contributed by atoms with Gasteiger partial charge in [-0.05, 0) is 36.1 Å². The van der Waals surface area contributed by atoms with Crippen molar-refractivity contribution in [3.63, 3.8) is 0 Å². The number of nitrogens with zero attached hydrogens (tertiary/aromatic N) is 1. The Morgan fingerprint density at radius 2 is 1.69 bits per heavy atom. The van der Waals surface area contributed by atoms with Crippen molar-refractivity contribution in [1.29, 1.82) is 0 Å². The molecule has 0 bridgehead atoms.